The van der Waals surface area contributed by atoms with Gasteiger partial charge in [0, 0.05) is 5.56 Å². The van der Waals surface area contributed by atoms with Gasteiger partial charge in [0.1, 0.15) is 11.3 Å². The minimum atomic E-state index is -1.22. The Balaban J connectivity index is 1.82. The molecule has 0 bridgehead atoms. The molecule has 24 heavy (non-hydrogen) atoms. The fourth-order valence-electron chi connectivity index (χ4n) is 3.24. The van der Waals surface area contributed by atoms with E-state index in [1.54, 1.807) is 12.1 Å². The second-order valence-electron chi connectivity index (χ2n) is 6.30. The maximum atomic E-state index is 12.6. The van der Waals surface area contributed by atoms with E-state index in [9.17, 15) is 19.5 Å². The number of carboxylic acids is 1. The van der Waals surface area contributed by atoms with Gasteiger partial charge in [-0.05, 0) is 31.0 Å². The van der Waals surface area contributed by atoms with E-state index in [-0.39, 0.29) is 12.5 Å². The number of rotatable bonds is 3. The van der Waals surface area contributed by atoms with Crippen molar-refractivity contribution in [2.45, 2.75) is 44.1 Å². The summed E-state index contributed by atoms with van der Waals surface area (Å²) in [7, 11) is 0. The first kappa shape index (κ1) is 16.3. The van der Waals surface area contributed by atoms with Crippen molar-refractivity contribution < 1.29 is 24.2 Å². The molecular formula is C17H20N2O5. The molecule has 128 valence electrons. The number of ether oxygens (including phenoxy) is 1. The molecule has 0 radical (unpaired) electrons. The Bertz CT molecular complexity index is 678. The Morgan fingerprint density at radius 3 is 2.54 bits per heavy atom. The number of benzene rings is 1. The Morgan fingerprint density at radius 2 is 1.88 bits per heavy atom. The smallest absolute Gasteiger partial charge is 0.329 e. The first-order chi connectivity index (χ1) is 11.5. The van der Waals surface area contributed by atoms with Gasteiger partial charge >= 0.3 is 5.97 Å². The van der Waals surface area contributed by atoms with Crippen molar-refractivity contribution >= 4 is 23.5 Å². The van der Waals surface area contributed by atoms with Gasteiger partial charge in [0.25, 0.3) is 11.8 Å². The van der Waals surface area contributed by atoms with Crippen LogP contribution >= 0.6 is 0 Å². The van der Waals surface area contributed by atoms with Gasteiger partial charge in [-0.3, -0.25) is 9.59 Å². The lowest BCUT2D eigenvalue weighted by molar-refractivity contribution is -0.145. The summed E-state index contributed by atoms with van der Waals surface area (Å²) in [5.74, 6) is -1.24. The molecule has 2 aliphatic rings. The van der Waals surface area contributed by atoms with E-state index in [1.165, 1.54) is 6.07 Å². The second kappa shape index (κ2) is 6.51. The predicted octanol–water partition coefficient (Wildman–Crippen LogP) is 1.92. The standard InChI is InChI=1S/C17H20N2O5/c20-14-10-24-13-6-5-11(9-12(13)18-14)15(21)19-17(16(22)23)7-3-1-2-4-8-17/h5-6,9H,1-4,7-8,10H2,(H,18,20)(H,19,21)(H,22,23). The Morgan fingerprint density at radius 1 is 1.17 bits per heavy atom. The lowest BCUT2D eigenvalue weighted by atomic mass is 9.89. The zero-order chi connectivity index (χ0) is 17.2. The van der Waals surface area contributed by atoms with Crippen molar-refractivity contribution in [2.75, 3.05) is 11.9 Å². The lowest BCUT2D eigenvalue weighted by Gasteiger charge is -2.29. The minimum absolute atomic E-state index is 0.0549. The minimum Gasteiger partial charge on any atom is -0.482 e. The number of carboxylic acid groups (broad SMARTS) is 1. The first-order valence-electron chi connectivity index (χ1n) is 8.13. The molecule has 1 heterocycles. The van der Waals surface area contributed by atoms with Crippen molar-refractivity contribution in [2.24, 2.45) is 0 Å². The van der Waals surface area contributed by atoms with Crippen LogP contribution in [0.2, 0.25) is 0 Å². The molecule has 1 saturated carbocycles. The molecule has 0 spiro atoms. The van der Waals surface area contributed by atoms with Crippen LogP contribution in [0.4, 0.5) is 5.69 Å². The quantitative estimate of drug-likeness (QED) is 0.734. The highest BCUT2D eigenvalue weighted by Crippen LogP contribution is 2.30. The highest BCUT2D eigenvalue weighted by molar-refractivity contribution is 6.01. The molecule has 7 nitrogen and oxygen atoms in total. The van der Waals surface area contributed by atoms with Crippen molar-refractivity contribution in [1.29, 1.82) is 0 Å². The molecule has 1 aliphatic heterocycles. The van der Waals surface area contributed by atoms with Gasteiger partial charge in [-0.25, -0.2) is 4.79 Å². The summed E-state index contributed by atoms with van der Waals surface area (Å²) in [6, 6.07) is 4.68. The van der Waals surface area contributed by atoms with E-state index >= 15 is 0 Å². The fraction of sp³-hybridized carbons (Fsp3) is 0.471. The average Bonchev–Trinajstić information content (AvgIpc) is 2.80. The third-order valence-electron chi connectivity index (χ3n) is 4.59. The molecule has 1 fully saturated rings. The van der Waals surface area contributed by atoms with E-state index < -0.39 is 17.4 Å². The van der Waals surface area contributed by atoms with Crippen LogP contribution in [-0.4, -0.2) is 35.0 Å². The molecule has 2 amide bonds. The molecule has 3 N–H and O–H groups in total. The summed E-state index contributed by atoms with van der Waals surface area (Å²) in [6.07, 6.45) is 4.37. The number of anilines is 1. The predicted molar refractivity (Wildman–Crippen MR) is 86.1 cm³/mol. The summed E-state index contributed by atoms with van der Waals surface area (Å²) in [5.41, 5.74) is -0.503. The number of fused-ring (bicyclic) bond motifs is 1. The van der Waals surface area contributed by atoms with Gasteiger partial charge in [0.2, 0.25) is 0 Å². The SMILES string of the molecule is O=C1COc2ccc(C(=O)NC3(C(=O)O)CCCCCC3)cc2N1. The number of amides is 2. The van der Waals surface area contributed by atoms with Crippen molar-refractivity contribution in [1.82, 2.24) is 5.32 Å². The average molecular weight is 332 g/mol. The first-order valence-corrected chi connectivity index (χ1v) is 8.13. The van der Waals surface area contributed by atoms with Crippen LogP contribution < -0.4 is 15.4 Å². The maximum Gasteiger partial charge on any atom is 0.329 e. The van der Waals surface area contributed by atoms with E-state index in [0.717, 1.165) is 25.7 Å². The number of carbonyl (C=O) groups is 3. The zero-order valence-corrected chi connectivity index (χ0v) is 13.3. The van der Waals surface area contributed by atoms with Crippen LogP contribution in [0.25, 0.3) is 0 Å². The molecule has 0 saturated heterocycles. The van der Waals surface area contributed by atoms with E-state index in [1.807, 2.05) is 0 Å². The van der Waals surface area contributed by atoms with Crippen molar-refractivity contribution in [3.63, 3.8) is 0 Å². The fourth-order valence-corrected chi connectivity index (χ4v) is 3.24. The molecule has 0 unspecified atom stereocenters. The third-order valence-corrected chi connectivity index (χ3v) is 4.59. The Kier molecular flexibility index (Phi) is 4.42. The Labute approximate surface area is 139 Å². The monoisotopic (exact) mass is 332 g/mol. The van der Waals surface area contributed by atoms with Crippen LogP contribution in [-0.2, 0) is 9.59 Å². The summed E-state index contributed by atoms with van der Waals surface area (Å²) in [4.78, 5) is 35.7. The van der Waals surface area contributed by atoms with Gasteiger partial charge in [-0.1, -0.05) is 25.7 Å². The maximum absolute atomic E-state index is 12.6. The van der Waals surface area contributed by atoms with E-state index in [2.05, 4.69) is 10.6 Å². The van der Waals surface area contributed by atoms with Gasteiger partial charge in [0.15, 0.2) is 6.61 Å². The highest BCUT2D eigenvalue weighted by atomic mass is 16.5. The largest absolute Gasteiger partial charge is 0.482 e. The summed E-state index contributed by atoms with van der Waals surface area (Å²) >= 11 is 0. The van der Waals surface area contributed by atoms with E-state index in [4.69, 9.17) is 4.74 Å². The van der Waals surface area contributed by atoms with Gasteiger partial charge in [-0.15, -0.1) is 0 Å². The Hall–Kier alpha value is -2.57. The highest BCUT2D eigenvalue weighted by Gasteiger charge is 2.40. The summed E-state index contributed by atoms with van der Waals surface area (Å²) < 4.78 is 5.26. The second-order valence-corrected chi connectivity index (χ2v) is 6.30. The molecule has 1 aromatic carbocycles. The summed E-state index contributed by atoms with van der Waals surface area (Å²) in [5, 5.41) is 15.0. The van der Waals surface area contributed by atoms with Gasteiger partial charge in [-0.2, -0.15) is 0 Å². The number of aliphatic carboxylic acids is 1. The number of hydrogen-bond acceptors (Lipinski definition) is 4. The van der Waals surface area contributed by atoms with Crippen LogP contribution in [0.1, 0.15) is 48.9 Å². The number of nitrogens with one attached hydrogen (secondary N) is 2. The molecule has 0 aromatic heterocycles. The summed E-state index contributed by atoms with van der Waals surface area (Å²) in [6.45, 7) is -0.0549. The van der Waals surface area contributed by atoms with Crippen LogP contribution in [0.15, 0.2) is 18.2 Å². The zero-order valence-electron chi connectivity index (χ0n) is 13.3. The molecular weight excluding hydrogens is 312 g/mol. The molecule has 3 rings (SSSR count). The van der Waals surface area contributed by atoms with Gasteiger partial charge < -0.3 is 20.5 Å². The molecule has 7 heteroatoms. The molecule has 1 aliphatic carbocycles. The van der Waals surface area contributed by atoms with E-state index in [0.29, 0.717) is 29.8 Å². The molecule has 1 aromatic rings. The number of carbonyl (C=O) groups excluding carboxylic acids is 2. The lowest BCUT2D eigenvalue weighted by Crippen LogP contribution is -2.54. The topological polar surface area (TPSA) is 105 Å². The van der Waals surface area contributed by atoms with Crippen molar-refractivity contribution in [3.8, 4) is 5.75 Å². The van der Waals surface area contributed by atoms with Crippen LogP contribution in [0.3, 0.4) is 0 Å². The van der Waals surface area contributed by atoms with Crippen LogP contribution in [0, 0.1) is 0 Å². The van der Waals surface area contributed by atoms with Crippen LogP contribution in [0.5, 0.6) is 5.75 Å². The third kappa shape index (κ3) is 3.20. The molecule has 0 atom stereocenters. The van der Waals surface area contributed by atoms with Gasteiger partial charge in [0.05, 0.1) is 5.69 Å². The van der Waals surface area contributed by atoms with Crippen molar-refractivity contribution in [3.05, 3.63) is 23.8 Å². The normalized spacial score (nSPS) is 19.2. The number of hydrogen-bond donors (Lipinski definition) is 3.